The van der Waals surface area contributed by atoms with E-state index in [1.54, 1.807) is 0 Å². The third kappa shape index (κ3) is 5.00. The van der Waals surface area contributed by atoms with E-state index in [2.05, 4.69) is 61.6 Å². The maximum atomic E-state index is 9.22. The average molecular weight is 283 g/mol. The summed E-state index contributed by atoms with van der Waals surface area (Å²) in [4.78, 5) is 0. The van der Waals surface area contributed by atoms with Gasteiger partial charge in [0.25, 0.3) is 0 Å². The van der Waals surface area contributed by atoms with Crippen LogP contribution in [0.5, 0.6) is 0 Å². The van der Waals surface area contributed by atoms with Gasteiger partial charge in [-0.1, -0.05) is 68.4 Å². The van der Waals surface area contributed by atoms with Crippen molar-refractivity contribution in [1.29, 1.82) is 0 Å². The number of rotatable bonds is 7. The van der Waals surface area contributed by atoms with E-state index in [9.17, 15) is 5.11 Å². The highest BCUT2D eigenvalue weighted by atomic mass is 16.3. The van der Waals surface area contributed by atoms with Gasteiger partial charge in [-0.25, -0.2) is 0 Å². The van der Waals surface area contributed by atoms with Crippen LogP contribution >= 0.6 is 0 Å². The smallest absolute Gasteiger partial charge is 0.0681 e. The Kier molecular flexibility index (Phi) is 5.97. The number of benzene rings is 2. The van der Waals surface area contributed by atoms with Crippen LogP contribution in [0.15, 0.2) is 54.6 Å². The average Bonchev–Trinajstić information content (AvgIpc) is 2.52. The molecular formula is C19H25NO. The van der Waals surface area contributed by atoms with Crippen LogP contribution in [0.2, 0.25) is 0 Å². The van der Waals surface area contributed by atoms with E-state index in [1.807, 2.05) is 12.1 Å². The number of hydrogen-bond donors (Lipinski definition) is 2. The zero-order valence-electron chi connectivity index (χ0n) is 12.9. The predicted molar refractivity (Wildman–Crippen MR) is 87.8 cm³/mol. The van der Waals surface area contributed by atoms with Crippen LogP contribution in [0.1, 0.15) is 43.0 Å². The van der Waals surface area contributed by atoms with Crippen LogP contribution in [0.25, 0.3) is 0 Å². The first-order valence-electron chi connectivity index (χ1n) is 7.66. The summed E-state index contributed by atoms with van der Waals surface area (Å²) in [7, 11) is 0. The molecule has 2 heteroatoms. The second-order valence-corrected chi connectivity index (χ2v) is 5.95. The number of nitrogens with one attached hydrogen (secondary N) is 1. The lowest BCUT2D eigenvalue weighted by atomic mass is 9.96. The van der Waals surface area contributed by atoms with Gasteiger partial charge in [0, 0.05) is 12.6 Å². The number of aliphatic hydroxyl groups is 1. The summed E-state index contributed by atoms with van der Waals surface area (Å²) in [5.41, 5.74) is 3.52. The SMILES string of the molecule is CC(C)CC(NCc1cccc(CO)c1)c1ccccc1. The monoisotopic (exact) mass is 283 g/mol. The molecule has 1 unspecified atom stereocenters. The van der Waals surface area contributed by atoms with Crippen molar-refractivity contribution < 1.29 is 5.11 Å². The van der Waals surface area contributed by atoms with Crippen LogP contribution in [0, 0.1) is 5.92 Å². The minimum absolute atomic E-state index is 0.0992. The molecule has 21 heavy (non-hydrogen) atoms. The zero-order chi connectivity index (χ0) is 15.1. The van der Waals surface area contributed by atoms with Crippen molar-refractivity contribution in [3.05, 3.63) is 71.3 Å². The third-order valence-electron chi connectivity index (χ3n) is 3.64. The molecule has 0 aliphatic heterocycles. The normalized spacial score (nSPS) is 12.6. The minimum atomic E-state index is 0.0992. The second-order valence-electron chi connectivity index (χ2n) is 5.95. The summed E-state index contributed by atoms with van der Waals surface area (Å²) < 4.78 is 0. The number of hydrogen-bond acceptors (Lipinski definition) is 2. The van der Waals surface area contributed by atoms with Crippen LogP contribution in [0.4, 0.5) is 0 Å². The van der Waals surface area contributed by atoms with Gasteiger partial charge < -0.3 is 10.4 Å². The topological polar surface area (TPSA) is 32.3 Å². The van der Waals surface area contributed by atoms with Gasteiger partial charge in [-0.2, -0.15) is 0 Å². The Balaban J connectivity index is 2.05. The summed E-state index contributed by atoms with van der Waals surface area (Å²) in [6, 6.07) is 19.1. The molecule has 2 aromatic carbocycles. The molecule has 1 atom stereocenters. The van der Waals surface area contributed by atoms with Gasteiger partial charge in [0.2, 0.25) is 0 Å². The van der Waals surface area contributed by atoms with E-state index in [-0.39, 0.29) is 6.61 Å². The van der Waals surface area contributed by atoms with E-state index in [0.29, 0.717) is 12.0 Å². The van der Waals surface area contributed by atoms with Crippen molar-refractivity contribution in [3.8, 4) is 0 Å². The molecule has 2 N–H and O–H groups in total. The van der Waals surface area contributed by atoms with Crippen molar-refractivity contribution in [2.45, 2.75) is 39.5 Å². The Morgan fingerprint density at radius 2 is 1.67 bits per heavy atom. The molecule has 0 saturated carbocycles. The molecule has 0 spiro atoms. The van der Waals surface area contributed by atoms with E-state index in [1.165, 1.54) is 11.1 Å². The molecule has 0 aliphatic rings. The highest BCUT2D eigenvalue weighted by Crippen LogP contribution is 2.21. The molecule has 2 rings (SSSR count). The standard InChI is InChI=1S/C19H25NO/c1-15(2)11-19(18-9-4-3-5-10-18)20-13-16-7-6-8-17(12-16)14-21/h3-10,12,15,19-21H,11,13-14H2,1-2H3. The fraction of sp³-hybridized carbons (Fsp3) is 0.368. The van der Waals surface area contributed by atoms with Gasteiger partial charge in [0.05, 0.1) is 6.61 Å². The summed E-state index contributed by atoms with van der Waals surface area (Å²) in [6.07, 6.45) is 1.11. The lowest BCUT2D eigenvalue weighted by Gasteiger charge is -2.21. The van der Waals surface area contributed by atoms with Gasteiger partial charge in [0.15, 0.2) is 0 Å². The largest absolute Gasteiger partial charge is 0.392 e. The van der Waals surface area contributed by atoms with Gasteiger partial charge in [-0.05, 0) is 29.0 Å². The zero-order valence-corrected chi connectivity index (χ0v) is 12.9. The molecule has 2 aromatic rings. The first-order chi connectivity index (χ1) is 10.2. The first-order valence-corrected chi connectivity index (χ1v) is 7.66. The summed E-state index contributed by atoms with van der Waals surface area (Å²) >= 11 is 0. The maximum Gasteiger partial charge on any atom is 0.0681 e. The second kappa shape index (κ2) is 7.96. The lowest BCUT2D eigenvalue weighted by molar-refractivity contribution is 0.281. The number of aliphatic hydroxyl groups excluding tert-OH is 1. The fourth-order valence-corrected chi connectivity index (χ4v) is 2.57. The van der Waals surface area contributed by atoms with Crippen molar-refractivity contribution >= 4 is 0 Å². The van der Waals surface area contributed by atoms with Gasteiger partial charge in [-0.3, -0.25) is 0 Å². The summed E-state index contributed by atoms with van der Waals surface area (Å²) in [5.74, 6) is 0.645. The highest BCUT2D eigenvalue weighted by Gasteiger charge is 2.12. The molecule has 0 radical (unpaired) electrons. The lowest BCUT2D eigenvalue weighted by Crippen LogP contribution is -2.22. The van der Waals surface area contributed by atoms with Gasteiger partial charge in [-0.15, -0.1) is 0 Å². The molecule has 0 fully saturated rings. The summed E-state index contributed by atoms with van der Waals surface area (Å²) in [6.45, 7) is 5.43. The highest BCUT2D eigenvalue weighted by molar-refractivity contribution is 5.24. The van der Waals surface area contributed by atoms with E-state index in [4.69, 9.17) is 0 Å². The maximum absolute atomic E-state index is 9.22. The fourth-order valence-electron chi connectivity index (χ4n) is 2.57. The molecule has 0 amide bonds. The van der Waals surface area contributed by atoms with Crippen molar-refractivity contribution in [1.82, 2.24) is 5.32 Å². The van der Waals surface area contributed by atoms with Crippen LogP contribution in [0.3, 0.4) is 0 Å². The molecular weight excluding hydrogens is 258 g/mol. The quantitative estimate of drug-likeness (QED) is 0.803. The van der Waals surface area contributed by atoms with Crippen molar-refractivity contribution in [2.75, 3.05) is 0 Å². The van der Waals surface area contributed by atoms with Gasteiger partial charge in [0.1, 0.15) is 0 Å². The van der Waals surface area contributed by atoms with Crippen molar-refractivity contribution in [3.63, 3.8) is 0 Å². The van der Waals surface area contributed by atoms with E-state index < -0.39 is 0 Å². The van der Waals surface area contributed by atoms with Crippen molar-refractivity contribution in [2.24, 2.45) is 5.92 Å². The Labute approximate surface area is 127 Å². The Morgan fingerprint density at radius 1 is 0.952 bits per heavy atom. The molecule has 0 heterocycles. The molecule has 0 saturated heterocycles. The molecule has 2 nitrogen and oxygen atoms in total. The molecule has 0 bridgehead atoms. The Hall–Kier alpha value is -1.64. The van der Waals surface area contributed by atoms with E-state index in [0.717, 1.165) is 18.5 Å². The van der Waals surface area contributed by atoms with E-state index >= 15 is 0 Å². The molecule has 112 valence electrons. The molecule has 0 aliphatic carbocycles. The van der Waals surface area contributed by atoms with Gasteiger partial charge >= 0.3 is 0 Å². The first kappa shape index (κ1) is 15.7. The predicted octanol–water partition coefficient (Wildman–Crippen LogP) is 4.06. The Morgan fingerprint density at radius 3 is 2.33 bits per heavy atom. The van der Waals surface area contributed by atoms with Crippen LogP contribution in [-0.2, 0) is 13.2 Å². The minimum Gasteiger partial charge on any atom is -0.392 e. The third-order valence-corrected chi connectivity index (χ3v) is 3.64. The summed E-state index contributed by atoms with van der Waals surface area (Å²) in [5, 5.41) is 12.9. The van der Waals surface area contributed by atoms with Crippen LogP contribution in [-0.4, -0.2) is 5.11 Å². The van der Waals surface area contributed by atoms with Crippen LogP contribution < -0.4 is 5.32 Å². The molecule has 0 aromatic heterocycles. The Bertz CT molecular complexity index is 536.